The Morgan fingerprint density at radius 2 is 2.04 bits per heavy atom. The number of carbonyl (C=O) groups excluding carboxylic acids is 3. The minimum absolute atomic E-state index is 0.207. The zero-order valence-electron chi connectivity index (χ0n) is 15.7. The summed E-state index contributed by atoms with van der Waals surface area (Å²) in [5, 5.41) is 4.69. The highest BCUT2D eigenvalue weighted by Crippen LogP contribution is 2.36. The molecule has 7 nitrogen and oxygen atoms in total. The molecule has 8 heteroatoms. The van der Waals surface area contributed by atoms with E-state index in [2.05, 4.69) is 5.32 Å². The largest absolute Gasteiger partial charge is 0.464 e. The molecule has 0 unspecified atom stereocenters. The topological polar surface area (TPSA) is 94.8 Å². The van der Waals surface area contributed by atoms with E-state index in [4.69, 9.17) is 13.9 Å². The van der Waals surface area contributed by atoms with Gasteiger partial charge in [0.05, 0.1) is 12.9 Å². The Hall–Kier alpha value is -2.61. The summed E-state index contributed by atoms with van der Waals surface area (Å²) in [7, 11) is 0. The van der Waals surface area contributed by atoms with Crippen LogP contribution >= 0.6 is 11.3 Å². The standard InChI is InChI=1S/C20H23NO6S/c1-2-25-20(24)18-14(15-8-5-9-26-15)12-28-19(18)21-16(22)11-27-17(23)10-13-6-3-4-7-13/h5,8-9,12-13H,2-4,6-7,10-11H2,1H3,(H,21,22). The Bertz CT molecular complexity index is 820. The molecule has 1 aliphatic carbocycles. The molecule has 1 N–H and O–H groups in total. The number of amides is 1. The van der Waals surface area contributed by atoms with Crippen LogP contribution in [0.3, 0.4) is 0 Å². The van der Waals surface area contributed by atoms with Crippen LogP contribution in [-0.2, 0) is 19.1 Å². The van der Waals surface area contributed by atoms with Crippen molar-refractivity contribution in [3.8, 4) is 11.3 Å². The molecule has 2 aromatic heterocycles. The first-order chi connectivity index (χ1) is 13.6. The number of esters is 2. The molecule has 0 saturated heterocycles. The molecule has 0 radical (unpaired) electrons. The van der Waals surface area contributed by atoms with Crippen LogP contribution < -0.4 is 5.32 Å². The average molecular weight is 405 g/mol. The third kappa shape index (κ3) is 5.01. The van der Waals surface area contributed by atoms with Crippen LogP contribution in [-0.4, -0.2) is 31.1 Å². The van der Waals surface area contributed by atoms with Crippen LogP contribution in [0.4, 0.5) is 5.00 Å². The number of furan rings is 1. The fourth-order valence-corrected chi connectivity index (χ4v) is 4.24. The lowest BCUT2D eigenvalue weighted by Crippen LogP contribution is -2.22. The minimum Gasteiger partial charge on any atom is -0.464 e. The maximum absolute atomic E-state index is 12.4. The molecule has 2 aromatic rings. The summed E-state index contributed by atoms with van der Waals surface area (Å²) >= 11 is 1.18. The molecular weight excluding hydrogens is 382 g/mol. The molecule has 2 heterocycles. The molecule has 0 aliphatic heterocycles. The van der Waals surface area contributed by atoms with Crippen molar-refractivity contribution in [2.75, 3.05) is 18.5 Å². The molecular formula is C20H23NO6S. The summed E-state index contributed by atoms with van der Waals surface area (Å²) in [5.74, 6) is -0.557. The maximum Gasteiger partial charge on any atom is 0.341 e. The van der Waals surface area contributed by atoms with Gasteiger partial charge in [0.15, 0.2) is 6.61 Å². The van der Waals surface area contributed by atoms with Crippen molar-refractivity contribution in [3.05, 3.63) is 29.3 Å². The molecule has 1 amide bonds. The SMILES string of the molecule is CCOC(=O)c1c(-c2ccco2)csc1NC(=O)COC(=O)CC1CCCC1. The number of hydrogen-bond donors (Lipinski definition) is 1. The lowest BCUT2D eigenvalue weighted by Gasteiger charge is -2.10. The van der Waals surface area contributed by atoms with E-state index in [9.17, 15) is 14.4 Å². The van der Waals surface area contributed by atoms with E-state index in [1.807, 2.05) is 0 Å². The van der Waals surface area contributed by atoms with Crippen molar-refractivity contribution in [1.82, 2.24) is 0 Å². The van der Waals surface area contributed by atoms with Gasteiger partial charge in [-0.1, -0.05) is 12.8 Å². The number of carbonyl (C=O) groups is 3. The highest BCUT2D eigenvalue weighted by atomic mass is 32.1. The Morgan fingerprint density at radius 1 is 1.25 bits per heavy atom. The Balaban J connectivity index is 1.63. The molecule has 0 atom stereocenters. The van der Waals surface area contributed by atoms with E-state index in [0.29, 0.717) is 28.7 Å². The van der Waals surface area contributed by atoms with Gasteiger partial charge in [-0.05, 0) is 37.8 Å². The van der Waals surface area contributed by atoms with Crippen LogP contribution in [0.1, 0.15) is 49.4 Å². The van der Waals surface area contributed by atoms with Crippen molar-refractivity contribution >= 4 is 34.2 Å². The van der Waals surface area contributed by atoms with Crippen LogP contribution in [0, 0.1) is 5.92 Å². The maximum atomic E-state index is 12.4. The number of ether oxygens (including phenoxy) is 2. The number of anilines is 1. The van der Waals surface area contributed by atoms with Gasteiger partial charge < -0.3 is 19.2 Å². The fourth-order valence-electron chi connectivity index (χ4n) is 3.29. The summed E-state index contributed by atoms with van der Waals surface area (Å²) in [4.78, 5) is 36.5. The highest BCUT2D eigenvalue weighted by molar-refractivity contribution is 7.15. The Kier molecular flexibility index (Phi) is 6.86. The summed E-state index contributed by atoms with van der Waals surface area (Å²) in [6.45, 7) is 1.53. The number of hydrogen-bond acceptors (Lipinski definition) is 7. The first-order valence-corrected chi connectivity index (χ1v) is 10.2. The van der Waals surface area contributed by atoms with E-state index in [1.165, 1.54) is 17.6 Å². The van der Waals surface area contributed by atoms with Gasteiger partial charge in [0.2, 0.25) is 0 Å². The second-order valence-corrected chi connectivity index (χ2v) is 7.49. The fraction of sp³-hybridized carbons (Fsp3) is 0.450. The van der Waals surface area contributed by atoms with Gasteiger partial charge >= 0.3 is 11.9 Å². The zero-order valence-corrected chi connectivity index (χ0v) is 16.5. The summed E-state index contributed by atoms with van der Waals surface area (Å²) in [6, 6.07) is 3.44. The predicted molar refractivity (Wildman–Crippen MR) is 104 cm³/mol. The lowest BCUT2D eigenvalue weighted by molar-refractivity contribution is -0.148. The number of thiophene rings is 1. The Morgan fingerprint density at radius 3 is 2.71 bits per heavy atom. The summed E-state index contributed by atoms with van der Waals surface area (Å²) in [6.07, 6.45) is 6.22. The monoisotopic (exact) mass is 405 g/mol. The molecule has 3 rings (SSSR count). The highest BCUT2D eigenvalue weighted by Gasteiger charge is 2.25. The molecule has 150 valence electrons. The van der Waals surface area contributed by atoms with Gasteiger partial charge in [-0.15, -0.1) is 11.3 Å². The molecule has 0 aromatic carbocycles. The van der Waals surface area contributed by atoms with Gasteiger partial charge in [0.25, 0.3) is 5.91 Å². The van der Waals surface area contributed by atoms with Gasteiger partial charge in [0, 0.05) is 17.4 Å². The number of nitrogens with one attached hydrogen (secondary N) is 1. The molecule has 0 bridgehead atoms. The minimum atomic E-state index is -0.552. The number of rotatable bonds is 8. The van der Waals surface area contributed by atoms with Gasteiger partial charge in [0.1, 0.15) is 16.3 Å². The first kappa shape index (κ1) is 20.1. The van der Waals surface area contributed by atoms with Gasteiger partial charge in [-0.2, -0.15) is 0 Å². The summed E-state index contributed by atoms with van der Waals surface area (Å²) in [5.41, 5.74) is 0.773. The third-order valence-corrected chi connectivity index (χ3v) is 5.50. The second kappa shape index (κ2) is 9.54. The van der Waals surface area contributed by atoms with E-state index in [-0.39, 0.29) is 24.7 Å². The predicted octanol–water partition coefficient (Wildman–Crippen LogP) is 4.25. The van der Waals surface area contributed by atoms with Crippen molar-refractivity contribution in [2.24, 2.45) is 5.92 Å². The van der Waals surface area contributed by atoms with E-state index < -0.39 is 11.9 Å². The molecule has 1 fully saturated rings. The van der Waals surface area contributed by atoms with Crippen molar-refractivity contribution in [3.63, 3.8) is 0 Å². The van der Waals surface area contributed by atoms with Crippen LogP contribution in [0.5, 0.6) is 0 Å². The lowest BCUT2D eigenvalue weighted by atomic mass is 10.1. The third-order valence-electron chi connectivity index (χ3n) is 4.60. The van der Waals surface area contributed by atoms with Crippen molar-refractivity contribution in [1.29, 1.82) is 0 Å². The van der Waals surface area contributed by atoms with Gasteiger partial charge in [-0.3, -0.25) is 9.59 Å². The quantitative estimate of drug-likeness (QED) is 0.660. The van der Waals surface area contributed by atoms with Crippen LogP contribution in [0.15, 0.2) is 28.2 Å². The van der Waals surface area contributed by atoms with E-state index >= 15 is 0 Å². The second-order valence-electron chi connectivity index (χ2n) is 6.61. The smallest absolute Gasteiger partial charge is 0.341 e. The normalized spacial score (nSPS) is 14.0. The van der Waals surface area contributed by atoms with Crippen molar-refractivity contribution in [2.45, 2.75) is 39.0 Å². The zero-order chi connectivity index (χ0) is 19.9. The van der Waals surface area contributed by atoms with Crippen molar-refractivity contribution < 1.29 is 28.3 Å². The van der Waals surface area contributed by atoms with E-state index in [0.717, 1.165) is 25.7 Å². The Labute approximate surface area is 167 Å². The molecule has 28 heavy (non-hydrogen) atoms. The summed E-state index contributed by atoms with van der Waals surface area (Å²) < 4.78 is 15.6. The molecule has 1 saturated carbocycles. The van der Waals surface area contributed by atoms with Crippen LogP contribution in [0.25, 0.3) is 11.3 Å². The molecule has 0 spiro atoms. The van der Waals surface area contributed by atoms with Crippen LogP contribution in [0.2, 0.25) is 0 Å². The molecule has 1 aliphatic rings. The van der Waals surface area contributed by atoms with Gasteiger partial charge in [-0.25, -0.2) is 4.79 Å². The first-order valence-electron chi connectivity index (χ1n) is 9.36. The average Bonchev–Trinajstić information content (AvgIpc) is 3.41. The van der Waals surface area contributed by atoms with E-state index in [1.54, 1.807) is 24.4 Å².